The molecule has 0 atom stereocenters. The number of ether oxygens (including phenoxy) is 2. The molecular formula is C14H21NO4. The molecule has 5 heteroatoms. The summed E-state index contributed by atoms with van der Waals surface area (Å²) < 4.78 is 10.3. The zero-order valence-electron chi connectivity index (χ0n) is 11.2. The Balaban J connectivity index is 2.19. The number of carboxylic acid groups (broad SMARTS) is 1. The highest BCUT2D eigenvalue weighted by Crippen LogP contribution is 2.11. The molecule has 0 fully saturated rings. The van der Waals surface area contributed by atoms with Crippen molar-refractivity contribution in [2.75, 3.05) is 26.4 Å². The highest BCUT2D eigenvalue weighted by molar-refractivity contribution is 5.68. The summed E-state index contributed by atoms with van der Waals surface area (Å²) in [6.07, 6.45) is 0.994. The third-order valence-corrected chi connectivity index (χ3v) is 2.46. The first kappa shape index (κ1) is 15.5. The molecule has 1 rings (SSSR count). The van der Waals surface area contributed by atoms with Crippen LogP contribution < -0.4 is 10.1 Å². The van der Waals surface area contributed by atoms with E-state index in [0.717, 1.165) is 38.3 Å². The van der Waals surface area contributed by atoms with E-state index in [2.05, 4.69) is 5.32 Å². The standard InChI is InChI=1S/C14H21NO4/c1-2-18-9-3-8-15-10-12-4-6-13(7-5-12)19-11-14(16)17/h4-7,15H,2-3,8-11H2,1H3,(H,16,17). The van der Waals surface area contributed by atoms with E-state index in [4.69, 9.17) is 14.6 Å². The van der Waals surface area contributed by atoms with Gasteiger partial charge in [-0.25, -0.2) is 4.79 Å². The maximum Gasteiger partial charge on any atom is 0.341 e. The van der Waals surface area contributed by atoms with E-state index in [-0.39, 0.29) is 6.61 Å². The molecule has 0 bridgehead atoms. The molecule has 0 heterocycles. The lowest BCUT2D eigenvalue weighted by atomic mass is 10.2. The highest BCUT2D eigenvalue weighted by Gasteiger charge is 1.99. The van der Waals surface area contributed by atoms with Crippen LogP contribution in [0.3, 0.4) is 0 Å². The highest BCUT2D eigenvalue weighted by atomic mass is 16.5. The molecule has 0 radical (unpaired) electrons. The summed E-state index contributed by atoms with van der Waals surface area (Å²) in [5.74, 6) is -0.400. The van der Waals surface area contributed by atoms with Crippen LogP contribution in [0.25, 0.3) is 0 Å². The maximum atomic E-state index is 10.3. The van der Waals surface area contributed by atoms with Crippen LogP contribution in [0.2, 0.25) is 0 Å². The lowest BCUT2D eigenvalue weighted by Gasteiger charge is -2.07. The number of rotatable bonds is 10. The van der Waals surface area contributed by atoms with Crippen LogP contribution in [0, 0.1) is 0 Å². The van der Waals surface area contributed by atoms with E-state index in [1.165, 1.54) is 0 Å². The summed E-state index contributed by atoms with van der Waals surface area (Å²) in [4.78, 5) is 10.3. The van der Waals surface area contributed by atoms with Gasteiger partial charge in [-0.15, -0.1) is 0 Å². The molecule has 0 saturated carbocycles. The third kappa shape index (κ3) is 7.43. The minimum absolute atomic E-state index is 0.310. The lowest BCUT2D eigenvalue weighted by molar-refractivity contribution is -0.139. The molecule has 106 valence electrons. The molecule has 0 aliphatic heterocycles. The Morgan fingerprint density at radius 3 is 2.68 bits per heavy atom. The van der Waals surface area contributed by atoms with Gasteiger partial charge in [0.25, 0.3) is 0 Å². The maximum absolute atomic E-state index is 10.3. The van der Waals surface area contributed by atoms with Crippen LogP contribution in [0.1, 0.15) is 18.9 Å². The second-order valence-electron chi connectivity index (χ2n) is 4.05. The number of nitrogens with one attached hydrogen (secondary N) is 1. The molecule has 1 aromatic carbocycles. The fraction of sp³-hybridized carbons (Fsp3) is 0.500. The smallest absolute Gasteiger partial charge is 0.341 e. The zero-order valence-corrected chi connectivity index (χ0v) is 11.2. The van der Waals surface area contributed by atoms with Gasteiger partial charge in [-0.3, -0.25) is 0 Å². The first-order valence-electron chi connectivity index (χ1n) is 6.44. The molecule has 0 spiro atoms. The van der Waals surface area contributed by atoms with Gasteiger partial charge in [0.1, 0.15) is 5.75 Å². The predicted octanol–water partition coefficient (Wildman–Crippen LogP) is 1.67. The Labute approximate surface area is 113 Å². The molecule has 0 aliphatic carbocycles. The van der Waals surface area contributed by atoms with Crippen molar-refractivity contribution in [1.82, 2.24) is 5.32 Å². The largest absolute Gasteiger partial charge is 0.482 e. The second kappa shape index (κ2) is 9.35. The molecular weight excluding hydrogens is 246 g/mol. The summed E-state index contributed by atoms with van der Waals surface area (Å²) in [6.45, 7) is 4.92. The van der Waals surface area contributed by atoms with Gasteiger partial charge in [0.05, 0.1) is 0 Å². The third-order valence-electron chi connectivity index (χ3n) is 2.46. The van der Waals surface area contributed by atoms with Crippen molar-refractivity contribution in [3.63, 3.8) is 0 Å². The number of carboxylic acids is 1. The topological polar surface area (TPSA) is 67.8 Å². The average Bonchev–Trinajstić information content (AvgIpc) is 2.41. The minimum atomic E-state index is -0.972. The van der Waals surface area contributed by atoms with E-state index in [1.54, 1.807) is 12.1 Å². The SMILES string of the molecule is CCOCCCNCc1ccc(OCC(=O)O)cc1. The van der Waals surface area contributed by atoms with Crippen LogP contribution in [0.5, 0.6) is 5.75 Å². The summed E-state index contributed by atoms with van der Waals surface area (Å²) in [7, 11) is 0. The number of benzene rings is 1. The number of hydrogen-bond acceptors (Lipinski definition) is 4. The molecule has 0 amide bonds. The number of carbonyl (C=O) groups is 1. The van der Waals surface area contributed by atoms with E-state index in [1.807, 2.05) is 19.1 Å². The van der Waals surface area contributed by atoms with Gasteiger partial charge in [0.2, 0.25) is 0 Å². The lowest BCUT2D eigenvalue weighted by Crippen LogP contribution is -2.16. The van der Waals surface area contributed by atoms with Crippen LogP contribution in [-0.2, 0) is 16.1 Å². The summed E-state index contributed by atoms with van der Waals surface area (Å²) in [6, 6.07) is 7.40. The molecule has 1 aromatic rings. The van der Waals surface area contributed by atoms with Gasteiger partial charge in [0, 0.05) is 19.8 Å². The molecule has 0 unspecified atom stereocenters. The number of hydrogen-bond donors (Lipinski definition) is 2. The normalized spacial score (nSPS) is 10.4. The second-order valence-corrected chi connectivity index (χ2v) is 4.05. The summed E-state index contributed by atoms with van der Waals surface area (Å²) in [5.41, 5.74) is 1.14. The Morgan fingerprint density at radius 1 is 1.32 bits per heavy atom. The van der Waals surface area contributed by atoms with Crippen molar-refractivity contribution >= 4 is 5.97 Å². The molecule has 0 aromatic heterocycles. The first-order valence-corrected chi connectivity index (χ1v) is 6.44. The Morgan fingerprint density at radius 2 is 2.05 bits per heavy atom. The van der Waals surface area contributed by atoms with Gasteiger partial charge < -0.3 is 19.9 Å². The van der Waals surface area contributed by atoms with Crippen molar-refractivity contribution in [2.24, 2.45) is 0 Å². The molecule has 5 nitrogen and oxygen atoms in total. The zero-order chi connectivity index (χ0) is 13.9. The molecule has 0 saturated heterocycles. The van der Waals surface area contributed by atoms with Gasteiger partial charge >= 0.3 is 5.97 Å². The quantitative estimate of drug-likeness (QED) is 0.631. The van der Waals surface area contributed by atoms with Crippen molar-refractivity contribution in [3.8, 4) is 5.75 Å². The number of aliphatic carboxylic acids is 1. The molecule has 2 N–H and O–H groups in total. The van der Waals surface area contributed by atoms with Crippen LogP contribution in [0.4, 0.5) is 0 Å². The molecule has 19 heavy (non-hydrogen) atoms. The van der Waals surface area contributed by atoms with Crippen molar-refractivity contribution in [2.45, 2.75) is 19.9 Å². The van der Waals surface area contributed by atoms with Crippen molar-refractivity contribution in [3.05, 3.63) is 29.8 Å². The fourth-order valence-electron chi connectivity index (χ4n) is 1.52. The Hall–Kier alpha value is -1.59. The predicted molar refractivity (Wildman–Crippen MR) is 72.4 cm³/mol. The monoisotopic (exact) mass is 267 g/mol. The fourth-order valence-corrected chi connectivity index (χ4v) is 1.52. The Bertz CT molecular complexity index is 364. The van der Waals surface area contributed by atoms with Crippen molar-refractivity contribution in [1.29, 1.82) is 0 Å². The van der Waals surface area contributed by atoms with Gasteiger partial charge in [-0.1, -0.05) is 12.1 Å². The van der Waals surface area contributed by atoms with Crippen LogP contribution >= 0.6 is 0 Å². The summed E-state index contributed by atoms with van der Waals surface area (Å²) in [5, 5.41) is 11.8. The average molecular weight is 267 g/mol. The van der Waals surface area contributed by atoms with Crippen LogP contribution in [-0.4, -0.2) is 37.4 Å². The van der Waals surface area contributed by atoms with E-state index in [0.29, 0.717) is 5.75 Å². The molecule has 0 aliphatic rings. The van der Waals surface area contributed by atoms with Gasteiger partial charge in [-0.05, 0) is 37.6 Å². The summed E-state index contributed by atoms with van der Waals surface area (Å²) >= 11 is 0. The first-order chi connectivity index (χ1) is 9.22. The van der Waals surface area contributed by atoms with E-state index < -0.39 is 5.97 Å². The van der Waals surface area contributed by atoms with Gasteiger partial charge in [0.15, 0.2) is 6.61 Å². The van der Waals surface area contributed by atoms with Crippen molar-refractivity contribution < 1.29 is 19.4 Å². The van der Waals surface area contributed by atoms with E-state index >= 15 is 0 Å². The Kier molecular flexibility index (Phi) is 7.62. The van der Waals surface area contributed by atoms with Crippen LogP contribution in [0.15, 0.2) is 24.3 Å². The van der Waals surface area contributed by atoms with Gasteiger partial charge in [-0.2, -0.15) is 0 Å². The van der Waals surface area contributed by atoms with E-state index in [9.17, 15) is 4.79 Å². The minimum Gasteiger partial charge on any atom is -0.482 e.